The Hall–Kier alpha value is -2.43. The lowest BCUT2D eigenvalue weighted by Crippen LogP contribution is -2.43. The molecule has 4 rings (SSSR count). The number of hydrogen-bond donors (Lipinski definition) is 0. The Morgan fingerprint density at radius 1 is 0.926 bits per heavy atom. The van der Waals surface area contributed by atoms with Crippen LogP contribution >= 0.6 is 0 Å². The van der Waals surface area contributed by atoms with Gasteiger partial charge in [0.05, 0.1) is 11.0 Å². The fraction of sp³-hybridized carbons (Fsp3) is 0.348. The highest BCUT2D eigenvalue weighted by Gasteiger charge is 2.13. The van der Waals surface area contributed by atoms with Gasteiger partial charge in [-0.25, -0.2) is 4.98 Å². The second kappa shape index (κ2) is 8.07. The molecule has 1 aromatic heterocycles. The van der Waals surface area contributed by atoms with Crippen molar-refractivity contribution in [1.29, 1.82) is 0 Å². The fourth-order valence-electron chi connectivity index (χ4n) is 3.72. The average molecular weight is 361 g/mol. The molecule has 4 heteroatoms. The van der Waals surface area contributed by atoms with E-state index in [9.17, 15) is 0 Å². The smallest absolute Gasteiger partial charge is 0.133 e. The molecule has 27 heavy (non-hydrogen) atoms. The number of rotatable bonds is 5. The zero-order valence-electron chi connectivity index (χ0n) is 16.3. The molecule has 140 valence electrons. The van der Waals surface area contributed by atoms with E-state index in [1.54, 1.807) is 0 Å². The molecule has 2 heterocycles. The van der Waals surface area contributed by atoms with Crippen molar-refractivity contribution in [3.63, 3.8) is 0 Å². The summed E-state index contributed by atoms with van der Waals surface area (Å²) < 4.78 is 2.26. The number of para-hydroxylation sites is 2. The van der Waals surface area contributed by atoms with Crippen LogP contribution in [0.2, 0.25) is 0 Å². The summed E-state index contributed by atoms with van der Waals surface area (Å²) >= 11 is 0. The molecule has 1 fully saturated rings. The lowest BCUT2D eigenvalue weighted by atomic mass is 10.1. The largest absolute Gasteiger partial charge is 0.325 e. The molecule has 4 nitrogen and oxygen atoms in total. The first kappa shape index (κ1) is 18.0. The van der Waals surface area contributed by atoms with Gasteiger partial charge in [0.15, 0.2) is 0 Å². The van der Waals surface area contributed by atoms with Gasteiger partial charge >= 0.3 is 0 Å². The van der Waals surface area contributed by atoms with Crippen molar-refractivity contribution in [2.45, 2.75) is 20.0 Å². The first-order valence-corrected chi connectivity index (χ1v) is 9.86. The molecule has 0 aliphatic carbocycles. The van der Waals surface area contributed by atoms with Crippen LogP contribution in [-0.2, 0) is 13.1 Å². The Labute approximate surface area is 161 Å². The Kier molecular flexibility index (Phi) is 5.37. The summed E-state index contributed by atoms with van der Waals surface area (Å²) in [6.45, 7) is 8.78. The van der Waals surface area contributed by atoms with Crippen molar-refractivity contribution >= 4 is 23.2 Å². The van der Waals surface area contributed by atoms with Crippen molar-refractivity contribution in [2.24, 2.45) is 0 Å². The predicted molar refractivity (Wildman–Crippen MR) is 114 cm³/mol. The summed E-state index contributed by atoms with van der Waals surface area (Å²) in [6.07, 6.45) is 4.28. The van der Waals surface area contributed by atoms with Crippen molar-refractivity contribution in [3.05, 3.63) is 65.5 Å². The minimum Gasteiger partial charge on any atom is -0.325 e. The summed E-state index contributed by atoms with van der Waals surface area (Å²) in [5, 5.41) is 0. The molecule has 0 bridgehead atoms. The van der Waals surface area contributed by atoms with Crippen LogP contribution in [0.15, 0.2) is 48.5 Å². The first-order chi connectivity index (χ1) is 13.2. The van der Waals surface area contributed by atoms with Gasteiger partial charge in [-0.3, -0.25) is 4.90 Å². The van der Waals surface area contributed by atoms with Crippen LogP contribution in [0.4, 0.5) is 0 Å². The molecule has 0 atom stereocenters. The summed E-state index contributed by atoms with van der Waals surface area (Å²) in [7, 11) is 2.20. The maximum Gasteiger partial charge on any atom is 0.133 e. The monoisotopic (exact) mass is 360 g/mol. The minimum atomic E-state index is 0.921. The SMILES string of the molecule is CCn1c(/C=C/c2ccc(CN3CCN(C)CC3)cc2)nc2ccccc21. The molecule has 3 aromatic rings. The maximum absolute atomic E-state index is 4.77. The zero-order chi connectivity index (χ0) is 18.6. The number of benzene rings is 2. The van der Waals surface area contributed by atoms with Crippen LogP contribution < -0.4 is 0 Å². The van der Waals surface area contributed by atoms with Gasteiger partial charge in [-0.1, -0.05) is 42.5 Å². The van der Waals surface area contributed by atoms with E-state index in [2.05, 4.69) is 83.0 Å². The standard InChI is InChI=1S/C23H28N4/c1-3-27-22-7-5-4-6-21(22)24-23(27)13-12-19-8-10-20(11-9-19)18-26-16-14-25(2)15-17-26/h4-13H,3,14-18H2,1-2H3/b13-12+. The summed E-state index contributed by atoms with van der Waals surface area (Å²) in [5.74, 6) is 1.01. The molecule has 0 saturated carbocycles. The van der Waals surface area contributed by atoms with E-state index in [4.69, 9.17) is 4.98 Å². The number of piperazine rings is 1. The molecule has 0 N–H and O–H groups in total. The second-order valence-electron chi connectivity index (χ2n) is 7.36. The number of aromatic nitrogens is 2. The number of fused-ring (bicyclic) bond motifs is 1. The molecular formula is C23H28N4. The van der Waals surface area contributed by atoms with E-state index in [-0.39, 0.29) is 0 Å². The molecule has 1 aliphatic rings. The molecule has 0 spiro atoms. The van der Waals surface area contributed by atoms with Gasteiger partial charge in [-0.05, 0) is 43.3 Å². The molecular weight excluding hydrogens is 332 g/mol. The van der Waals surface area contributed by atoms with E-state index in [1.807, 2.05) is 6.07 Å². The van der Waals surface area contributed by atoms with Crippen molar-refractivity contribution in [1.82, 2.24) is 19.4 Å². The van der Waals surface area contributed by atoms with Crippen molar-refractivity contribution < 1.29 is 0 Å². The molecule has 0 amide bonds. The Morgan fingerprint density at radius 2 is 1.67 bits per heavy atom. The van der Waals surface area contributed by atoms with Crippen molar-refractivity contribution in [3.8, 4) is 0 Å². The molecule has 1 saturated heterocycles. The Bertz CT molecular complexity index is 915. The lowest BCUT2D eigenvalue weighted by Gasteiger charge is -2.32. The third kappa shape index (κ3) is 4.12. The quantitative estimate of drug-likeness (QED) is 0.688. The number of hydrogen-bond acceptors (Lipinski definition) is 3. The molecule has 1 aliphatic heterocycles. The molecule has 0 unspecified atom stereocenters. The zero-order valence-corrected chi connectivity index (χ0v) is 16.3. The van der Waals surface area contributed by atoms with Crippen LogP contribution in [0.5, 0.6) is 0 Å². The van der Waals surface area contributed by atoms with Crippen LogP contribution in [0.25, 0.3) is 23.2 Å². The van der Waals surface area contributed by atoms with Gasteiger partial charge in [-0.2, -0.15) is 0 Å². The normalized spacial score (nSPS) is 16.5. The summed E-state index contributed by atoms with van der Waals surface area (Å²) in [4.78, 5) is 9.70. The third-order valence-electron chi connectivity index (χ3n) is 5.41. The Morgan fingerprint density at radius 3 is 2.41 bits per heavy atom. The van der Waals surface area contributed by atoms with Gasteiger partial charge in [0.1, 0.15) is 5.82 Å². The molecule has 0 radical (unpaired) electrons. The summed E-state index contributed by atoms with van der Waals surface area (Å²) in [5.41, 5.74) is 4.85. The fourth-order valence-corrected chi connectivity index (χ4v) is 3.72. The number of imidazole rings is 1. The van der Waals surface area contributed by atoms with Crippen LogP contribution in [0.3, 0.4) is 0 Å². The topological polar surface area (TPSA) is 24.3 Å². The van der Waals surface area contributed by atoms with Gasteiger partial charge in [-0.15, -0.1) is 0 Å². The van der Waals surface area contributed by atoms with Crippen LogP contribution in [0.1, 0.15) is 23.9 Å². The minimum absolute atomic E-state index is 0.921. The second-order valence-corrected chi connectivity index (χ2v) is 7.36. The predicted octanol–water partition coefficient (Wildman–Crippen LogP) is 3.97. The van der Waals surface area contributed by atoms with Gasteiger partial charge in [0, 0.05) is 39.3 Å². The lowest BCUT2D eigenvalue weighted by molar-refractivity contribution is 0.148. The highest BCUT2D eigenvalue weighted by molar-refractivity contribution is 5.79. The summed E-state index contributed by atoms with van der Waals surface area (Å²) in [6, 6.07) is 17.2. The maximum atomic E-state index is 4.77. The highest BCUT2D eigenvalue weighted by Crippen LogP contribution is 2.18. The molecule has 2 aromatic carbocycles. The van der Waals surface area contributed by atoms with Crippen LogP contribution in [-0.4, -0.2) is 52.6 Å². The van der Waals surface area contributed by atoms with E-state index in [1.165, 1.54) is 29.7 Å². The van der Waals surface area contributed by atoms with Gasteiger partial charge in [0.25, 0.3) is 0 Å². The first-order valence-electron chi connectivity index (χ1n) is 9.86. The van der Waals surface area contributed by atoms with Gasteiger partial charge in [0.2, 0.25) is 0 Å². The highest BCUT2D eigenvalue weighted by atomic mass is 15.2. The number of aryl methyl sites for hydroxylation is 1. The average Bonchev–Trinajstić information content (AvgIpc) is 3.07. The van der Waals surface area contributed by atoms with Gasteiger partial charge < -0.3 is 9.47 Å². The number of likely N-dealkylation sites (N-methyl/N-ethyl adjacent to an activating group) is 1. The Balaban J connectivity index is 1.45. The van der Waals surface area contributed by atoms with Crippen molar-refractivity contribution in [2.75, 3.05) is 33.2 Å². The third-order valence-corrected chi connectivity index (χ3v) is 5.41. The van der Waals surface area contributed by atoms with E-state index >= 15 is 0 Å². The van der Waals surface area contributed by atoms with E-state index in [0.717, 1.165) is 37.5 Å². The van der Waals surface area contributed by atoms with E-state index < -0.39 is 0 Å². The number of nitrogens with zero attached hydrogens (tertiary/aromatic N) is 4. The van der Waals surface area contributed by atoms with Crippen LogP contribution in [0, 0.1) is 0 Å². The van der Waals surface area contributed by atoms with E-state index in [0.29, 0.717) is 0 Å².